The van der Waals surface area contributed by atoms with E-state index in [4.69, 9.17) is 9.47 Å². The van der Waals surface area contributed by atoms with Gasteiger partial charge in [-0.2, -0.15) is 0 Å². The highest BCUT2D eigenvalue weighted by atomic mass is 16.6. The molecule has 1 amide bonds. The van der Waals surface area contributed by atoms with Crippen LogP contribution in [0.15, 0.2) is 48.5 Å². The zero-order chi connectivity index (χ0) is 20.9. The first-order valence-corrected chi connectivity index (χ1v) is 9.28. The highest BCUT2D eigenvalue weighted by Gasteiger charge is 2.31. The minimum absolute atomic E-state index is 0.270. The molecule has 2 rings (SSSR count). The Bertz CT molecular complexity index is 832. The maximum Gasteiger partial charge on any atom is 0.407 e. The Kier molecular flexibility index (Phi) is 6.49. The summed E-state index contributed by atoms with van der Waals surface area (Å²) in [4.78, 5) is 23.8. The molecule has 1 N–H and O–H groups in total. The van der Waals surface area contributed by atoms with Crippen molar-refractivity contribution in [3.63, 3.8) is 0 Å². The molecule has 0 aliphatic rings. The van der Waals surface area contributed by atoms with Gasteiger partial charge in [0, 0.05) is 6.54 Å². The van der Waals surface area contributed by atoms with Crippen LogP contribution in [0.2, 0.25) is 0 Å². The molecular formula is C23H29NO4. The van der Waals surface area contributed by atoms with Gasteiger partial charge in [0.25, 0.3) is 0 Å². The van der Waals surface area contributed by atoms with Crippen molar-refractivity contribution in [3.8, 4) is 11.1 Å². The smallest absolute Gasteiger partial charge is 0.407 e. The van der Waals surface area contributed by atoms with E-state index in [1.807, 2.05) is 83.1 Å². The highest BCUT2D eigenvalue weighted by Crippen LogP contribution is 2.29. The van der Waals surface area contributed by atoms with Crippen molar-refractivity contribution >= 4 is 12.1 Å². The molecule has 0 saturated heterocycles. The van der Waals surface area contributed by atoms with Gasteiger partial charge in [0.1, 0.15) is 5.60 Å². The summed E-state index contributed by atoms with van der Waals surface area (Å²) in [6, 6.07) is 15.8. The molecule has 0 spiro atoms. The fourth-order valence-corrected chi connectivity index (χ4v) is 2.76. The number of carbonyl (C=O) groups excluding carboxylic acids is 2. The van der Waals surface area contributed by atoms with E-state index in [0.717, 1.165) is 22.3 Å². The van der Waals surface area contributed by atoms with Crippen LogP contribution in [0, 0.1) is 0 Å². The third-order valence-corrected chi connectivity index (χ3v) is 4.40. The largest absolute Gasteiger partial charge is 0.468 e. The van der Waals surface area contributed by atoms with Crippen LogP contribution in [0.5, 0.6) is 0 Å². The van der Waals surface area contributed by atoms with Crippen molar-refractivity contribution in [2.45, 2.75) is 52.2 Å². The first-order chi connectivity index (χ1) is 13.0. The van der Waals surface area contributed by atoms with E-state index in [2.05, 4.69) is 5.32 Å². The van der Waals surface area contributed by atoms with Crippen LogP contribution in [-0.2, 0) is 26.2 Å². The normalized spacial score (nSPS) is 11.6. The second-order valence-corrected chi connectivity index (χ2v) is 8.25. The number of methoxy groups -OCH3 is 1. The molecule has 150 valence electrons. The second kappa shape index (κ2) is 8.46. The number of nitrogens with one attached hydrogen (secondary N) is 1. The van der Waals surface area contributed by atoms with Gasteiger partial charge in [0.15, 0.2) is 0 Å². The van der Waals surface area contributed by atoms with E-state index in [1.54, 1.807) is 0 Å². The number of ether oxygens (including phenoxy) is 2. The molecule has 0 radical (unpaired) electrons. The minimum Gasteiger partial charge on any atom is -0.468 e. The molecule has 28 heavy (non-hydrogen) atoms. The fourth-order valence-electron chi connectivity index (χ4n) is 2.76. The summed E-state index contributed by atoms with van der Waals surface area (Å²) >= 11 is 0. The molecule has 0 aliphatic carbocycles. The van der Waals surface area contributed by atoms with Crippen molar-refractivity contribution in [1.82, 2.24) is 5.32 Å². The van der Waals surface area contributed by atoms with Gasteiger partial charge in [-0.25, -0.2) is 4.79 Å². The Labute approximate surface area is 167 Å². The lowest BCUT2D eigenvalue weighted by Crippen LogP contribution is -2.32. The van der Waals surface area contributed by atoms with Gasteiger partial charge < -0.3 is 14.8 Å². The Balaban J connectivity index is 2.11. The standard InChI is InChI=1S/C23H29NO4/c1-22(2,3)28-21(26)24-15-16-10-12-17(13-11-16)18-8-7-9-19(14-18)23(4,5)20(25)27-6/h7-14H,15H2,1-6H3,(H,24,26). The molecule has 0 aliphatic heterocycles. The lowest BCUT2D eigenvalue weighted by atomic mass is 9.83. The molecule has 0 saturated carbocycles. The molecule has 0 fully saturated rings. The summed E-state index contributed by atoms with van der Waals surface area (Å²) in [5.41, 5.74) is 2.68. The van der Waals surface area contributed by atoms with E-state index < -0.39 is 17.1 Å². The number of amides is 1. The van der Waals surface area contributed by atoms with Gasteiger partial charge in [-0.15, -0.1) is 0 Å². The molecule has 2 aromatic carbocycles. The van der Waals surface area contributed by atoms with E-state index >= 15 is 0 Å². The van der Waals surface area contributed by atoms with Crippen LogP contribution < -0.4 is 5.32 Å². The quantitative estimate of drug-likeness (QED) is 0.751. The van der Waals surface area contributed by atoms with Crippen LogP contribution in [0.4, 0.5) is 4.79 Å². The van der Waals surface area contributed by atoms with E-state index in [-0.39, 0.29) is 5.97 Å². The highest BCUT2D eigenvalue weighted by molar-refractivity contribution is 5.83. The SMILES string of the molecule is COC(=O)C(C)(C)c1cccc(-c2ccc(CNC(=O)OC(C)(C)C)cc2)c1. The van der Waals surface area contributed by atoms with Crippen LogP contribution >= 0.6 is 0 Å². The fraction of sp³-hybridized carbons (Fsp3) is 0.391. The molecule has 5 nitrogen and oxygen atoms in total. The number of benzene rings is 2. The number of carbonyl (C=O) groups is 2. The van der Waals surface area contributed by atoms with Gasteiger partial charge in [0.05, 0.1) is 12.5 Å². The number of hydrogen-bond acceptors (Lipinski definition) is 4. The van der Waals surface area contributed by atoms with Gasteiger partial charge in [0.2, 0.25) is 0 Å². The third-order valence-electron chi connectivity index (χ3n) is 4.40. The zero-order valence-corrected chi connectivity index (χ0v) is 17.5. The Hall–Kier alpha value is -2.82. The summed E-state index contributed by atoms with van der Waals surface area (Å²) in [5, 5.41) is 2.75. The van der Waals surface area contributed by atoms with E-state index in [1.165, 1.54) is 7.11 Å². The molecule has 2 aromatic rings. The molecule has 0 aromatic heterocycles. The van der Waals surface area contributed by atoms with Crippen molar-refractivity contribution in [2.24, 2.45) is 0 Å². The van der Waals surface area contributed by atoms with E-state index in [0.29, 0.717) is 6.54 Å². The Morgan fingerprint density at radius 3 is 2.14 bits per heavy atom. The van der Waals surface area contributed by atoms with Crippen LogP contribution in [-0.4, -0.2) is 24.8 Å². The minimum atomic E-state index is -0.720. The van der Waals surface area contributed by atoms with Crippen molar-refractivity contribution < 1.29 is 19.1 Å². The predicted molar refractivity (Wildman–Crippen MR) is 110 cm³/mol. The molecule has 0 bridgehead atoms. The van der Waals surface area contributed by atoms with Crippen molar-refractivity contribution in [1.29, 1.82) is 0 Å². The monoisotopic (exact) mass is 383 g/mol. The molecule has 5 heteroatoms. The summed E-state index contributed by atoms with van der Waals surface area (Å²) in [7, 11) is 1.40. The van der Waals surface area contributed by atoms with Gasteiger partial charge in [-0.1, -0.05) is 48.5 Å². The molecule has 0 unspecified atom stereocenters. The lowest BCUT2D eigenvalue weighted by molar-refractivity contribution is -0.146. The summed E-state index contributed by atoms with van der Waals surface area (Å²) in [6.45, 7) is 9.59. The maximum atomic E-state index is 12.1. The van der Waals surface area contributed by atoms with E-state index in [9.17, 15) is 9.59 Å². The number of rotatable bonds is 5. The summed E-state index contributed by atoms with van der Waals surface area (Å²) in [5.74, 6) is -0.270. The summed E-state index contributed by atoms with van der Waals surface area (Å²) < 4.78 is 10.2. The topological polar surface area (TPSA) is 64.6 Å². The van der Waals surface area contributed by atoms with Gasteiger partial charge in [-0.05, 0) is 56.9 Å². The first kappa shape index (κ1) is 21.5. The Morgan fingerprint density at radius 1 is 0.929 bits per heavy atom. The van der Waals surface area contributed by atoms with Gasteiger partial charge in [-0.3, -0.25) is 4.79 Å². The number of alkyl carbamates (subject to hydrolysis) is 1. The molecule has 0 heterocycles. The van der Waals surface area contributed by atoms with Crippen LogP contribution in [0.1, 0.15) is 45.7 Å². The van der Waals surface area contributed by atoms with Crippen LogP contribution in [0.25, 0.3) is 11.1 Å². The molecule has 0 atom stereocenters. The predicted octanol–water partition coefficient (Wildman–Crippen LogP) is 4.83. The van der Waals surface area contributed by atoms with Crippen molar-refractivity contribution in [2.75, 3.05) is 7.11 Å². The number of hydrogen-bond donors (Lipinski definition) is 1. The van der Waals surface area contributed by atoms with Crippen molar-refractivity contribution in [3.05, 3.63) is 59.7 Å². The van der Waals surface area contributed by atoms with Crippen LogP contribution in [0.3, 0.4) is 0 Å². The average molecular weight is 383 g/mol. The lowest BCUT2D eigenvalue weighted by Gasteiger charge is -2.22. The Morgan fingerprint density at radius 2 is 1.57 bits per heavy atom. The average Bonchev–Trinajstić information content (AvgIpc) is 2.65. The molecular weight excluding hydrogens is 354 g/mol. The maximum absolute atomic E-state index is 12.1. The zero-order valence-electron chi connectivity index (χ0n) is 17.5. The number of esters is 1. The summed E-state index contributed by atoms with van der Waals surface area (Å²) in [6.07, 6.45) is -0.436. The first-order valence-electron chi connectivity index (χ1n) is 9.28. The second-order valence-electron chi connectivity index (χ2n) is 8.25. The van der Waals surface area contributed by atoms with Gasteiger partial charge >= 0.3 is 12.1 Å². The third kappa shape index (κ3) is 5.59.